The quantitative estimate of drug-likeness (QED) is 0.276. The second-order valence-electron chi connectivity index (χ2n) is 8.34. The van der Waals surface area contributed by atoms with Gasteiger partial charge < -0.3 is 20.1 Å². The number of aryl methyl sites for hydroxylation is 1. The topological polar surface area (TPSA) is 114 Å². The van der Waals surface area contributed by atoms with E-state index in [4.69, 9.17) is 9.47 Å². The summed E-state index contributed by atoms with van der Waals surface area (Å²) in [5.41, 5.74) is 3.62. The van der Waals surface area contributed by atoms with Crippen molar-refractivity contribution < 1.29 is 28.7 Å². The van der Waals surface area contributed by atoms with E-state index in [2.05, 4.69) is 10.6 Å². The SMILES string of the molecule is COC(=O)c1ccc(COc2cccc(C=C3NC(=O)N(CC(=O)Nc4ccc(C)cc4)C3=O)c2)cc1. The number of hydrogen-bond donors (Lipinski definition) is 2. The molecular weight excluding hydrogens is 474 g/mol. The van der Waals surface area contributed by atoms with Crippen LogP contribution >= 0.6 is 0 Å². The highest BCUT2D eigenvalue weighted by molar-refractivity contribution is 6.15. The minimum absolute atomic E-state index is 0.0590. The van der Waals surface area contributed by atoms with E-state index >= 15 is 0 Å². The number of amides is 4. The second-order valence-corrected chi connectivity index (χ2v) is 8.34. The van der Waals surface area contributed by atoms with Crippen LogP contribution in [0.2, 0.25) is 0 Å². The molecular formula is C28H25N3O6. The lowest BCUT2D eigenvalue weighted by Gasteiger charge is -2.12. The zero-order valence-corrected chi connectivity index (χ0v) is 20.3. The Labute approximate surface area is 213 Å². The van der Waals surface area contributed by atoms with Gasteiger partial charge in [0.05, 0.1) is 12.7 Å². The minimum Gasteiger partial charge on any atom is -0.489 e. The lowest BCUT2D eigenvalue weighted by molar-refractivity contribution is -0.127. The molecule has 2 N–H and O–H groups in total. The van der Waals surface area contributed by atoms with Crippen molar-refractivity contribution in [2.75, 3.05) is 19.0 Å². The summed E-state index contributed by atoms with van der Waals surface area (Å²) in [6.45, 7) is 1.79. The van der Waals surface area contributed by atoms with E-state index in [9.17, 15) is 19.2 Å². The maximum Gasteiger partial charge on any atom is 0.337 e. The van der Waals surface area contributed by atoms with Crippen molar-refractivity contribution in [1.29, 1.82) is 0 Å². The minimum atomic E-state index is -0.668. The fraction of sp³-hybridized carbons (Fsp3) is 0.143. The molecule has 3 aromatic rings. The Kier molecular flexibility index (Phi) is 7.63. The molecule has 1 heterocycles. The third-order valence-electron chi connectivity index (χ3n) is 5.55. The summed E-state index contributed by atoms with van der Waals surface area (Å²) in [6, 6.07) is 20.4. The summed E-state index contributed by atoms with van der Waals surface area (Å²) < 4.78 is 10.5. The summed E-state index contributed by atoms with van der Waals surface area (Å²) in [5, 5.41) is 5.19. The molecule has 4 amide bonds. The Hall–Kier alpha value is -4.92. The van der Waals surface area contributed by atoms with Gasteiger partial charge in [-0.2, -0.15) is 0 Å². The van der Waals surface area contributed by atoms with E-state index in [0.29, 0.717) is 22.6 Å². The van der Waals surface area contributed by atoms with Crippen LogP contribution in [0.25, 0.3) is 6.08 Å². The Bertz CT molecular complexity index is 1360. The van der Waals surface area contributed by atoms with Gasteiger partial charge in [0.1, 0.15) is 24.6 Å². The highest BCUT2D eigenvalue weighted by Gasteiger charge is 2.34. The van der Waals surface area contributed by atoms with E-state index in [1.54, 1.807) is 60.7 Å². The van der Waals surface area contributed by atoms with Gasteiger partial charge in [0.25, 0.3) is 5.91 Å². The van der Waals surface area contributed by atoms with Gasteiger partial charge >= 0.3 is 12.0 Å². The molecule has 1 aliphatic heterocycles. The molecule has 1 saturated heterocycles. The van der Waals surface area contributed by atoms with Crippen molar-refractivity contribution in [1.82, 2.24) is 10.2 Å². The summed E-state index contributed by atoms with van der Waals surface area (Å²) in [5.74, 6) is -0.936. The number of nitrogens with zero attached hydrogens (tertiary/aromatic N) is 1. The average molecular weight is 500 g/mol. The van der Waals surface area contributed by atoms with Crippen molar-refractivity contribution in [3.8, 4) is 5.75 Å². The van der Waals surface area contributed by atoms with Crippen LogP contribution in [0, 0.1) is 6.92 Å². The van der Waals surface area contributed by atoms with Gasteiger partial charge in [-0.15, -0.1) is 0 Å². The Balaban J connectivity index is 1.37. The molecule has 9 nitrogen and oxygen atoms in total. The van der Waals surface area contributed by atoms with Crippen LogP contribution in [0.4, 0.5) is 10.5 Å². The fourth-order valence-electron chi connectivity index (χ4n) is 3.58. The molecule has 4 rings (SSSR count). The molecule has 188 valence electrons. The molecule has 3 aromatic carbocycles. The number of hydrogen-bond acceptors (Lipinski definition) is 6. The highest BCUT2D eigenvalue weighted by Crippen LogP contribution is 2.20. The number of ether oxygens (including phenoxy) is 2. The first-order valence-corrected chi connectivity index (χ1v) is 11.4. The monoisotopic (exact) mass is 499 g/mol. The Morgan fingerprint density at radius 2 is 1.73 bits per heavy atom. The van der Waals surface area contributed by atoms with Gasteiger partial charge in [0.2, 0.25) is 5.91 Å². The van der Waals surface area contributed by atoms with Gasteiger partial charge in [0.15, 0.2) is 0 Å². The molecule has 0 aromatic heterocycles. The van der Waals surface area contributed by atoms with Gasteiger partial charge in [-0.3, -0.25) is 9.59 Å². The molecule has 37 heavy (non-hydrogen) atoms. The molecule has 9 heteroatoms. The Morgan fingerprint density at radius 1 is 1.00 bits per heavy atom. The number of benzene rings is 3. The largest absolute Gasteiger partial charge is 0.489 e. The number of methoxy groups -OCH3 is 1. The predicted molar refractivity (Wildman–Crippen MR) is 137 cm³/mol. The Morgan fingerprint density at radius 3 is 2.43 bits per heavy atom. The van der Waals surface area contributed by atoms with E-state index in [-0.39, 0.29) is 12.3 Å². The van der Waals surface area contributed by atoms with E-state index in [1.165, 1.54) is 13.2 Å². The van der Waals surface area contributed by atoms with Crippen molar-refractivity contribution in [2.45, 2.75) is 13.5 Å². The van der Waals surface area contributed by atoms with Crippen molar-refractivity contribution in [3.05, 3.63) is 101 Å². The summed E-state index contributed by atoms with van der Waals surface area (Å²) in [7, 11) is 1.33. The number of esters is 1. The smallest absolute Gasteiger partial charge is 0.337 e. The first-order valence-electron chi connectivity index (χ1n) is 11.4. The lowest BCUT2D eigenvalue weighted by atomic mass is 10.1. The fourth-order valence-corrected chi connectivity index (χ4v) is 3.58. The number of imide groups is 1. The zero-order chi connectivity index (χ0) is 26.4. The second kappa shape index (κ2) is 11.2. The highest BCUT2D eigenvalue weighted by atomic mass is 16.5. The van der Waals surface area contributed by atoms with Crippen molar-refractivity contribution in [3.63, 3.8) is 0 Å². The van der Waals surface area contributed by atoms with Gasteiger partial charge in [-0.05, 0) is 60.5 Å². The maximum absolute atomic E-state index is 12.8. The molecule has 0 atom stereocenters. The van der Waals surface area contributed by atoms with Crippen LogP contribution < -0.4 is 15.4 Å². The number of rotatable bonds is 8. The summed E-state index contributed by atoms with van der Waals surface area (Å²) >= 11 is 0. The van der Waals surface area contributed by atoms with E-state index in [1.807, 2.05) is 19.1 Å². The molecule has 0 radical (unpaired) electrons. The van der Waals surface area contributed by atoms with Crippen LogP contribution in [0.15, 0.2) is 78.5 Å². The number of carbonyl (C=O) groups excluding carboxylic acids is 4. The number of nitrogens with one attached hydrogen (secondary N) is 2. The van der Waals surface area contributed by atoms with Crippen LogP contribution in [-0.2, 0) is 20.9 Å². The van der Waals surface area contributed by atoms with E-state index in [0.717, 1.165) is 16.0 Å². The van der Waals surface area contributed by atoms with Crippen molar-refractivity contribution in [2.24, 2.45) is 0 Å². The predicted octanol–water partition coefficient (Wildman–Crippen LogP) is 3.89. The van der Waals surface area contributed by atoms with Crippen LogP contribution in [0.3, 0.4) is 0 Å². The molecule has 0 aliphatic carbocycles. The summed E-state index contributed by atoms with van der Waals surface area (Å²) in [6.07, 6.45) is 1.52. The van der Waals surface area contributed by atoms with Crippen molar-refractivity contribution >= 4 is 35.6 Å². The lowest BCUT2D eigenvalue weighted by Crippen LogP contribution is -2.38. The van der Waals surface area contributed by atoms with Crippen LogP contribution in [0.5, 0.6) is 5.75 Å². The number of anilines is 1. The molecule has 0 bridgehead atoms. The molecule has 0 spiro atoms. The molecule has 0 unspecified atom stereocenters. The third kappa shape index (κ3) is 6.40. The van der Waals surface area contributed by atoms with Crippen LogP contribution in [-0.4, -0.2) is 42.4 Å². The average Bonchev–Trinajstić information content (AvgIpc) is 3.16. The molecule has 0 saturated carbocycles. The normalized spacial score (nSPS) is 13.9. The molecule has 1 fully saturated rings. The third-order valence-corrected chi connectivity index (χ3v) is 5.55. The number of urea groups is 1. The zero-order valence-electron chi connectivity index (χ0n) is 20.3. The first kappa shape index (κ1) is 25.2. The standard InChI is InChI=1S/C28H25N3O6/c1-18-6-12-22(13-7-18)29-25(32)16-31-26(33)24(30-28(31)35)15-20-4-3-5-23(14-20)37-17-19-8-10-21(11-9-19)27(34)36-2/h3-15H,16-17H2,1-2H3,(H,29,32)(H,30,35). The number of carbonyl (C=O) groups is 4. The van der Waals surface area contributed by atoms with Gasteiger partial charge in [0, 0.05) is 5.69 Å². The maximum atomic E-state index is 12.8. The summed E-state index contributed by atoms with van der Waals surface area (Å²) in [4.78, 5) is 49.9. The molecule has 1 aliphatic rings. The van der Waals surface area contributed by atoms with Gasteiger partial charge in [-0.25, -0.2) is 14.5 Å². The first-order chi connectivity index (χ1) is 17.8. The van der Waals surface area contributed by atoms with Crippen LogP contribution in [0.1, 0.15) is 27.0 Å². The van der Waals surface area contributed by atoms with Gasteiger partial charge in [-0.1, -0.05) is 42.0 Å². The van der Waals surface area contributed by atoms with E-state index < -0.39 is 30.4 Å².